The third kappa shape index (κ3) is 4.99. The first-order valence-electron chi connectivity index (χ1n) is 5.87. The van der Waals surface area contributed by atoms with E-state index >= 15 is 0 Å². The first-order chi connectivity index (χ1) is 8.28. The van der Waals surface area contributed by atoms with Gasteiger partial charge < -0.3 is 4.74 Å². The number of nitrogens with zero attached hydrogens (tertiary/aromatic N) is 1. The molecule has 0 bridgehead atoms. The van der Waals surface area contributed by atoms with E-state index in [9.17, 15) is 4.79 Å². The highest BCUT2D eigenvalue weighted by molar-refractivity contribution is 5.81. The average molecular weight is 248 g/mol. The molecule has 0 aliphatic rings. The molecule has 0 unspecified atom stereocenters. The lowest BCUT2D eigenvalue weighted by molar-refractivity contribution is 0.0529. The van der Waals surface area contributed by atoms with Crippen LogP contribution in [0.4, 0.5) is 4.79 Å². The second-order valence-electron chi connectivity index (χ2n) is 5.22. The summed E-state index contributed by atoms with van der Waals surface area (Å²) in [5.74, 6) is 0. The van der Waals surface area contributed by atoms with Crippen LogP contribution in [0.25, 0.3) is 0 Å². The van der Waals surface area contributed by atoms with Crippen molar-refractivity contribution in [3.8, 4) is 0 Å². The molecular weight excluding hydrogens is 228 g/mol. The average Bonchev–Trinajstić information content (AvgIpc) is 2.20. The Bertz CT molecular complexity index is 459. The molecule has 1 aromatic carbocycles. The Labute approximate surface area is 108 Å². The molecule has 0 saturated carbocycles. The molecular formula is C14H20N2O2. The SMILES string of the molecule is Cc1ccc(/C=N/NC(=O)OC(C)(C)C)cc1C. The highest BCUT2D eigenvalue weighted by atomic mass is 16.6. The largest absolute Gasteiger partial charge is 0.443 e. The number of carbonyl (C=O) groups excluding carboxylic acids is 1. The van der Waals surface area contributed by atoms with E-state index in [-0.39, 0.29) is 0 Å². The number of ether oxygens (including phenoxy) is 1. The lowest BCUT2D eigenvalue weighted by atomic mass is 10.1. The predicted molar refractivity (Wildman–Crippen MR) is 72.9 cm³/mol. The Hall–Kier alpha value is -1.84. The van der Waals surface area contributed by atoms with Gasteiger partial charge in [0.15, 0.2) is 0 Å². The van der Waals surface area contributed by atoms with Gasteiger partial charge in [0.1, 0.15) is 5.60 Å². The maximum Gasteiger partial charge on any atom is 0.428 e. The third-order valence-corrected chi connectivity index (χ3v) is 2.30. The minimum absolute atomic E-state index is 0.514. The highest BCUT2D eigenvalue weighted by Crippen LogP contribution is 2.08. The molecule has 4 nitrogen and oxygen atoms in total. The molecule has 4 heteroatoms. The van der Waals surface area contributed by atoms with Crippen LogP contribution >= 0.6 is 0 Å². The summed E-state index contributed by atoms with van der Waals surface area (Å²) in [6, 6.07) is 5.97. The van der Waals surface area contributed by atoms with Gasteiger partial charge in [-0.1, -0.05) is 18.2 Å². The van der Waals surface area contributed by atoms with Gasteiger partial charge in [0.05, 0.1) is 6.21 Å². The van der Waals surface area contributed by atoms with Crippen LogP contribution in [0.15, 0.2) is 23.3 Å². The number of hydrogen-bond acceptors (Lipinski definition) is 3. The van der Waals surface area contributed by atoms with Gasteiger partial charge in [-0.3, -0.25) is 0 Å². The van der Waals surface area contributed by atoms with Crippen molar-refractivity contribution in [2.45, 2.75) is 40.2 Å². The van der Waals surface area contributed by atoms with Crippen molar-refractivity contribution in [3.05, 3.63) is 34.9 Å². The quantitative estimate of drug-likeness (QED) is 0.645. The first kappa shape index (κ1) is 14.2. The monoisotopic (exact) mass is 248 g/mol. The van der Waals surface area contributed by atoms with E-state index in [4.69, 9.17) is 4.74 Å². The lowest BCUT2D eigenvalue weighted by Gasteiger charge is -2.18. The zero-order valence-corrected chi connectivity index (χ0v) is 11.6. The van der Waals surface area contributed by atoms with Crippen LogP contribution < -0.4 is 5.43 Å². The summed E-state index contributed by atoms with van der Waals surface area (Å²) in [7, 11) is 0. The van der Waals surface area contributed by atoms with Gasteiger partial charge >= 0.3 is 6.09 Å². The molecule has 0 saturated heterocycles. The Morgan fingerprint density at radius 3 is 2.50 bits per heavy atom. The van der Waals surface area contributed by atoms with Crippen molar-refractivity contribution in [1.29, 1.82) is 0 Å². The van der Waals surface area contributed by atoms with Crippen LogP contribution in [0.5, 0.6) is 0 Å². The van der Waals surface area contributed by atoms with Crippen molar-refractivity contribution in [2.24, 2.45) is 5.10 Å². The topological polar surface area (TPSA) is 50.7 Å². The molecule has 0 atom stereocenters. The van der Waals surface area contributed by atoms with Crippen LogP contribution in [-0.2, 0) is 4.74 Å². The summed E-state index contributed by atoms with van der Waals surface area (Å²) in [5, 5.41) is 3.85. The number of nitrogens with one attached hydrogen (secondary N) is 1. The molecule has 0 radical (unpaired) electrons. The van der Waals surface area contributed by atoms with Crippen molar-refractivity contribution < 1.29 is 9.53 Å². The molecule has 1 amide bonds. The molecule has 0 aliphatic heterocycles. The molecule has 0 spiro atoms. The lowest BCUT2D eigenvalue weighted by Crippen LogP contribution is -2.29. The van der Waals surface area contributed by atoms with Crippen molar-refractivity contribution >= 4 is 12.3 Å². The fraction of sp³-hybridized carbons (Fsp3) is 0.429. The summed E-state index contributed by atoms with van der Waals surface area (Å²) >= 11 is 0. The molecule has 1 N–H and O–H groups in total. The molecule has 0 fully saturated rings. The number of amides is 1. The minimum atomic E-state index is -0.553. The zero-order valence-electron chi connectivity index (χ0n) is 11.6. The molecule has 1 rings (SSSR count). The molecule has 98 valence electrons. The minimum Gasteiger partial charge on any atom is -0.443 e. The van der Waals surface area contributed by atoms with Crippen LogP contribution in [0.1, 0.15) is 37.5 Å². The second-order valence-corrected chi connectivity index (χ2v) is 5.22. The normalized spacial score (nSPS) is 11.6. The Morgan fingerprint density at radius 1 is 1.28 bits per heavy atom. The van der Waals surface area contributed by atoms with Crippen molar-refractivity contribution in [1.82, 2.24) is 5.43 Å². The number of hydrazone groups is 1. The van der Waals surface area contributed by atoms with Crippen molar-refractivity contribution in [2.75, 3.05) is 0 Å². The standard InChI is InChI=1S/C14H20N2O2/c1-10-6-7-12(8-11(10)2)9-15-16-13(17)18-14(3,4)5/h6-9H,1-5H3,(H,16,17)/b15-9+. The van der Waals surface area contributed by atoms with Crippen LogP contribution in [-0.4, -0.2) is 17.9 Å². The summed E-state index contributed by atoms with van der Waals surface area (Å²) in [4.78, 5) is 11.3. The van der Waals surface area contributed by atoms with Crippen LogP contribution in [0.2, 0.25) is 0 Å². The van der Waals surface area contributed by atoms with E-state index < -0.39 is 11.7 Å². The summed E-state index contributed by atoms with van der Waals surface area (Å²) in [5.41, 5.74) is 5.18. The van der Waals surface area contributed by atoms with E-state index in [0.29, 0.717) is 0 Å². The fourth-order valence-corrected chi connectivity index (χ4v) is 1.31. The fourth-order valence-electron chi connectivity index (χ4n) is 1.31. The van der Waals surface area contributed by atoms with Gasteiger partial charge in [-0.15, -0.1) is 0 Å². The number of aryl methyl sites for hydroxylation is 2. The van der Waals surface area contributed by atoms with Crippen molar-refractivity contribution in [3.63, 3.8) is 0 Å². The molecule has 18 heavy (non-hydrogen) atoms. The van der Waals surface area contributed by atoms with E-state index in [2.05, 4.69) is 17.5 Å². The Kier molecular flexibility index (Phi) is 4.48. The number of rotatable bonds is 2. The highest BCUT2D eigenvalue weighted by Gasteiger charge is 2.15. The van der Waals surface area contributed by atoms with Crippen LogP contribution in [0, 0.1) is 13.8 Å². The Balaban J connectivity index is 2.55. The van der Waals surface area contributed by atoms with Crippen LogP contribution in [0.3, 0.4) is 0 Å². The summed E-state index contributed by atoms with van der Waals surface area (Å²) in [6.45, 7) is 9.50. The van der Waals surface area contributed by atoms with E-state index in [1.807, 2.05) is 25.1 Å². The van der Waals surface area contributed by atoms with Gasteiger partial charge in [-0.05, 0) is 51.3 Å². The third-order valence-electron chi connectivity index (χ3n) is 2.30. The summed E-state index contributed by atoms with van der Waals surface area (Å²) in [6.07, 6.45) is 1.04. The number of carbonyl (C=O) groups is 1. The van der Waals surface area contributed by atoms with Gasteiger partial charge in [0, 0.05) is 0 Å². The van der Waals surface area contributed by atoms with E-state index in [1.165, 1.54) is 11.1 Å². The van der Waals surface area contributed by atoms with Gasteiger partial charge in [-0.2, -0.15) is 5.10 Å². The zero-order chi connectivity index (χ0) is 13.8. The molecule has 0 aromatic heterocycles. The molecule has 1 aromatic rings. The smallest absolute Gasteiger partial charge is 0.428 e. The predicted octanol–water partition coefficient (Wildman–Crippen LogP) is 3.16. The second kappa shape index (κ2) is 5.67. The molecule has 0 heterocycles. The van der Waals surface area contributed by atoms with E-state index in [0.717, 1.165) is 5.56 Å². The maximum absolute atomic E-state index is 11.3. The summed E-state index contributed by atoms with van der Waals surface area (Å²) < 4.78 is 5.05. The van der Waals surface area contributed by atoms with Gasteiger partial charge in [-0.25, -0.2) is 10.2 Å². The molecule has 0 aliphatic carbocycles. The maximum atomic E-state index is 11.3. The van der Waals surface area contributed by atoms with E-state index in [1.54, 1.807) is 27.0 Å². The van der Waals surface area contributed by atoms with Gasteiger partial charge in [0.2, 0.25) is 0 Å². The number of benzene rings is 1. The first-order valence-corrected chi connectivity index (χ1v) is 5.87. The van der Waals surface area contributed by atoms with Gasteiger partial charge in [0.25, 0.3) is 0 Å². The Morgan fingerprint density at radius 2 is 1.94 bits per heavy atom. The number of hydrogen-bond donors (Lipinski definition) is 1.